The van der Waals surface area contributed by atoms with Crippen LogP contribution in [-0.4, -0.2) is 56.8 Å². The lowest BCUT2D eigenvalue weighted by Gasteiger charge is -2.39. The maximum absolute atomic E-state index is 13.2. The molecule has 146 valence electrons. The number of aryl methyl sites for hydroxylation is 2. The Balaban J connectivity index is 1.46. The van der Waals surface area contributed by atoms with Gasteiger partial charge in [0.1, 0.15) is 5.82 Å². The molecule has 0 N–H and O–H groups in total. The molecule has 0 saturated carbocycles. The number of fused-ring (bicyclic) bond motifs is 1. The van der Waals surface area contributed by atoms with E-state index in [4.69, 9.17) is 0 Å². The Morgan fingerprint density at radius 1 is 0.929 bits per heavy atom. The zero-order valence-corrected chi connectivity index (χ0v) is 16.9. The molecule has 0 atom stereocenters. The van der Waals surface area contributed by atoms with Crippen molar-refractivity contribution in [2.75, 3.05) is 31.1 Å². The molecule has 1 amide bonds. The summed E-state index contributed by atoms with van der Waals surface area (Å²) in [5, 5.41) is 12.8. The van der Waals surface area contributed by atoms with Crippen LogP contribution in [0.2, 0.25) is 0 Å². The molecule has 3 heterocycles. The summed E-state index contributed by atoms with van der Waals surface area (Å²) < 4.78 is 1.76. The van der Waals surface area contributed by atoms with Gasteiger partial charge >= 0.3 is 0 Å². The van der Waals surface area contributed by atoms with E-state index in [0.29, 0.717) is 13.1 Å². The number of carbonyl (C=O) groups excluding carboxylic acids is 1. The van der Waals surface area contributed by atoms with Crippen molar-refractivity contribution in [3.8, 4) is 0 Å². The topological polar surface area (TPSA) is 66.6 Å². The Kier molecular flexibility index (Phi) is 4.53. The lowest BCUT2D eigenvalue weighted by Crippen LogP contribution is -2.53. The molecule has 4 rings (SSSR count). The Bertz CT molecular complexity index is 999. The second-order valence-corrected chi connectivity index (χ2v) is 7.98. The summed E-state index contributed by atoms with van der Waals surface area (Å²) in [6, 6.07) is 12.2. The van der Waals surface area contributed by atoms with Gasteiger partial charge in [0.05, 0.1) is 5.41 Å². The van der Waals surface area contributed by atoms with Gasteiger partial charge < -0.3 is 9.80 Å². The van der Waals surface area contributed by atoms with Gasteiger partial charge in [-0.1, -0.05) is 29.8 Å². The highest BCUT2D eigenvalue weighted by Crippen LogP contribution is 2.27. The molecule has 0 radical (unpaired) electrons. The Hall–Kier alpha value is -2.96. The maximum atomic E-state index is 13.2. The maximum Gasteiger partial charge on any atom is 0.232 e. The third kappa shape index (κ3) is 3.21. The minimum Gasteiger partial charge on any atom is -0.352 e. The van der Waals surface area contributed by atoms with Gasteiger partial charge in [-0.3, -0.25) is 4.79 Å². The van der Waals surface area contributed by atoms with Crippen molar-refractivity contribution in [2.45, 2.75) is 33.1 Å². The Morgan fingerprint density at radius 3 is 2.29 bits per heavy atom. The van der Waals surface area contributed by atoms with E-state index in [1.807, 2.05) is 37.8 Å². The molecule has 28 heavy (non-hydrogen) atoms. The zero-order chi connectivity index (χ0) is 19.9. The van der Waals surface area contributed by atoms with Crippen LogP contribution in [0.15, 0.2) is 36.4 Å². The fraction of sp³-hybridized carbons (Fsp3) is 0.429. The lowest BCUT2D eigenvalue weighted by atomic mass is 9.82. The molecule has 7 nitrogen and oxygen atoms in total. The molecular formula is C21H26N6O. The molecule has 0 bridgehead atoms. The van der Waals surface area contributed by atoms with Crippen molar-refractivity contribution in [1.29, 1.82) is 0 Å². The number of hydrogen-bond acceptors (Lipinski definition) is 5. The van der Waals surface area contributed by atoms with Gasteiger partial charge in [-0.25, -0.2) is 0 Å². The predicted molar refractivity (Wildman–Crippen MR) is 109 cm³/mol. The molecule has 2 aromatic heterocycles. The van der Waals surface area contributed by atoms with E-state index >= 15 is 0 Å². The smallest absolute Gasteiger partial charge is 0.232 e. The minimum absolute atomic E-state index is 0.175. The predicted octanol–water partition coefficient (Wildman–Crippen LogP) is 2.37. The average Bonchev–Trinajstić information content (AvgIpc) is 3.08. The van der Waals surface area contributed by atoms with Gasteiger partial charge in [0.25, 0.3) is 0 Å². The molecular weight excluding hydrogens is 352 g/mol. The third-order valence-electron chi connectivity index (χ3n) is 5.60. The van der Waals surface area contributed by atoms with Crippen molar-refractivity contribution in [1.82, 2.24) is 24.7 Å². The first-order chi connectivity index (χ1) is 13.4. The van der Waals surface area contributed by atoms with Crippen LogP contribution >= 0.6 is 0 Å². The number of anilines is 1. The zero-order valence-electron chi connectivity index (χ0n) is 16.9. The highest BCUT2D eigenvalue weighted by Gasteiger charge is 2.35. The van der Waals surface area contributed by atoms with Crippen LogP contribution in [0.5, 0.6) is 0 Å². The van der Waals surface area contributed by atoms with E-state index in [1.54, 1.807) is 4.52 Å². The van der Waals surface area contributed by atoms with E-state index < -0.39 is 5.41 Å². The van der Waals surface area contributed by atoms with Crippen molar-refractivity contribution in [2.24, 2.45) is 0 Å². The first-order valence-corrected chi connectivity index (χ1v) is 9.67. The summed E-state index contributed by atoms with van der Waals surface area (Å²) >= 11 is 0. The number of hydrogen-bond donors (Lipinski definition) is 0. The Labute approximate surface area is 165 Å². The third-order valence-corrected chi connectivity index (χ3v) is 5.60. The second kappa shape index (κ2) is 6.89. The molecule has 1 aromatic carbocycles. The lowest BCUT2D eigenvalue weighted by molar-refractivity contribution is -0.136. The number of nitrogens with zero attached hydrogens (tertiary/aromatic N) is 6. The van der Waals surface area contributed by atoms with Crippen LogP contribution in [0.25, 0.3) is 5.65 Å². The molecule has 7 heteroatoms. The first kappa shape index (κ1) is 18.4. The van der Waals surface area contributed by atoms with Crippen LogP contribution in [0.3, 0.4) is 0 Å². The highest BCUT2D eigenvalue weighted by molar-refractivity contribution is 5.87. The SMILES string of the molecule is Cc1ccc(C(C)(C)C(=O)N2CCN(c3ccc4nnc(C)n4n3)CC2)cc1. The molecule has 1 saturated heterocycles. The van der Waals surface area contributed by atoms with Crippen molar-refractivity contribution in [3.05, 3.63) is 53.3 Å². The fourth-order valence-electron chi connectivity index (χ4n) is 3.68. The largest absolute Gasteiger partial charge is 0.352 e. The Morgan fingerprint density at radius 2 is 1.61 bits per heavy atom. The number of benzene rings is 1. The average molecular weight is 378 g/mol. The summed E-state index contributed by atoms with van der Waals surface area (Å²) in [5.74, 6) is 1.83. The number of rotatable bonds is 3. The second-order valence-electron chi connectivity index (χ2n) is 7.98. The quantitative estimate of drug-likeness (QED) is 0.700. The molecule has 0 aliphatic carbocycles. The van der Waals surface area contributed by atoms with E-state index in [0.717, 1.165) is 35.9 Å². The summed E-state index contributed by atoms with van der Waals surface area (Å²) in [4.78, 5) is 17.4. The summed E-state index contributed by atoms with van der Waals surface area (Å²) in [5.41, 5.74) is 2.47. The number of piperazine rings is 1. The van der Waals surface area contributed by atoms with Crippen LogP contribution in [0.1, 0.15) is 30.8 Å². The van der Waals surface area contributed by atoms with Crippen LogP contribution in [-0.2, 0) is 10.2 Å². The molecule has 0 spiro atoms. The van der Waals surface area contributed by atoms with Gasteiger partial charge in [0.2, 0.25) is 5.91 Å². The van der Waals surface area contributed by atoms with Gasteiger partial charge in [-0.05, 0) is 45.4 Å². The van der Waals surface area contributed by atoms with Gasteiger partial charge in [-0.15, -0.1) is 15.3 Å². The van der Waals surface area contributed by atoms with Crippen LogP contribution in [0, 0.1) is 13.8 Å². The van der Waals surface area contributed by atoms with Crippen molar-refractivity contribution >= 4 is 17.4 Å². The van der Waals surface area contributed by atoms with Gasteiger partial charge in [-0.2, -0.15) is 4.52 Å². The van der Waals surface area contributed by atoms with Crippen LogP contribution < -0.4 is 4.90 Å². The molecule has 0 unspecified atom stereocenters. The van der Waals surface area contributed by atoms with Crippen molar-refractivity contribution in [3.63, 3.8) is 0 Å². The van der Waals surface area contributed by atoms with E-state index in [1.165, 1.54) is 5.56 Å². The molecule has 1 fully saturated rings. The summed E-state index contributed by atoms with van der Waals surface area (Å²) in [7, 11) is 0. The van der Waals surface area contributed by atoms with E-state index in [-0.39, 0.29) is 5.91 Å². The summed E-state index contributed by atoms with van der Waals surface area (Å²) in [6.45, 7) is 10.9. The number of carbonyl (C=O) groups is 1. The highest BCUT2D eigenvalue weighted by atomic mass is 16.2. The minimum atomic E-state index is -0.535. The van der Waals surface area contributed by atoms with Crippen LogP contribution in [0.4, 0.5) is 5.82 Å². The van der Waals surface area contributed by atoms with E-state index in [9.17, 15) is 4.79 Å². The first-order valence-electron chi connectivity index (χ1n) is 9.67. The molecule has 1 aliphatic rings. The van der Waals surface area contributed by atoms with E-state index in [2.05, 4.69) is 51.4 Å². The van der Waals surface area contributed by atoms with Gasteiger partial charge in [0.15, 0.2) is 11.5 Å². The summed E-state index contributed by atoms with van der Waals surface area (Å²) in [6.07, 6.45) is 0. The van der Waals surface area contributed by atoms with Crippen molar-refractivity contribution < 1.29 is 4.79 Å². The number of amides is 1. The van der Waals surface area contributed by atoms with Gasteiger partial charge in [0, 0.05) is 26.2 Å². The number of aromatic nitrogens is 4. The standard InChI is InChI=1S/C21H26N6O/c1-15-5-7-17(8-6-15)21(3,4)20(28)26-13-11-25(12-14-26)19-10-9-18-23-22-16(2)27(18)24-19/h5-10H,11-14H2,1-4H3. The normalized spacial score (nSPS) is 15.3. The monoisotopic (exact) mass is 378 g/mol. The molecule has 1 aliphatic heterocycles. The fourth-order valence-corrected chi connectivity index (χ4v) is 3.68. The molecule has 3 aromatic rings.